The van der Waals surface area contributed by atoms with Gasteiger partial charge in [-0.2, -0.15) is 0 Å². The van der Waals surface area contributed by atoms with E-state index in [9.17, 15) is 4.79 Å². The molecule has 27 heavy (non-hydrogen) atoms. The van der Waals surface area contributed by atoms with E-state index in [1.54, 1.807) is 11.3 Å². The van der Waals surface area contributed by atoms with Crippen LogP contribution >= 0.6 is 11.3 Å². The minimum atomic E-state index is -0.0197. The molecule has 1 N–H and O–H groups in total. The van der Waals surface area contributed by atoms with E-state index in [0.29, 0.717) is 12.1 Å². The van der Waals surface area contributed by atoms with E-state index in [2.05, 4.69) is 34.7 Å². The number of carbonyl (C=O) groups excluding carboxylic acids is 1. The van der Waals surface area contributed by atoms with Crippen LogP contribution in [-0.4, -0.2) is 37.0 Å². The molecule has 4 nitrogen and oxygen atoms in total. The van der Waals surface area contributed by atoms with Crippen LogP contribution in [0.3, 0.4) is 0 Å². The predicted octanol–water partition coefficient (Wildman–Crippen LogP) is 4.88. The average Bonchev–Trinajstić information content (AvgIpc) is 3.24. The van der Waals surface area contributed by atoms with Crippen molar-refractivity contribution >= 4 is 17.2 Å². The van der Waals surface area contributed by atoms with Gasteiger partial charge in [-0.25, -0.2) is 0 Å². The van der Waals surface area contributed by atoms with Gasteiger partial charge in [0.05, 0.1) is 12.6 Å². The Morgan fingerprint density at radius 2 is 1.96 bits per heavy atom. The minimum Gasteiger partial charge on any atom is -0.494 e. The highest BCUT2D eigenvalue weighted by Crippen LogP contribution is 2.27. The predicted molar refractivity (Wildman–Crippen MR) is 112 cm³/mol. The van der Waals surface area contributed by atoms with Crippen molar-refractivity contribution in [2.45, 2.75) is 45.1 Å². The summed E-state index contributed by atoms with van der Waals surface area (Å²) >= 11 is 1.77. The van der Waals surface area contributed by atoms with Crippen LogP contribution in [-0.2, 0) is 0 Å². The molecule has 5 heteroatoms. The number of amides is 1. The first-order chi connectivity index (χ1) is 13.3. The molecule has 1 atom stereocenters. The first-order valence-electron chi connectivity index (χ1n) is 10.1. The van der Waals surface area contributed by atoms with Gasteiger partial charge in [-0.05, 0) is 68.1 Å². The van der Waals surface area contributed by atoms with Crippen molar-refractivity contribution in [3.63, 3.8) is 0 Å². The number of rotatable bonds is 9. The monoisotopic (exact) mass is 386 g/mol. The molecule has 0 bridgehead atoms. The Labute approximate surface area is 166 Å². The first kappa shape index (κ1) is 19.9. The van der Waals surface area contributed by atoms with Gasteiger partial charge in [0.1, 0.15) is 5.75 Å². The van der Waals surface area contributed by atoms with Gasteiger partial charge >= 0.3 is 0 Å². The molecule has 3 rings (SSSR count). The molecule has 0 saturated carbocycles. The first-order valence-corrected chi connectivity index (χ1v) is 10.9. The van der Waals surface area contributed by atoms with Gasteiger partial charge in [0.2, 0.25) is 0 Å². The molecule has 0 aliphatic carbocycles. The van der Waals surface area contributed by atoms with Gasteiger partial charge in [0.15, 0.2) is 0 Å². The van der Waals surface area contributed by atoms with Crippen LogP contribution in [0.4, 0.5) is 0 Å². The highest BCUT2D eigenvalue weighted by molar-refractivity contribution is 7.10. The Hall–Kier alpha value is -1.85. The van der Waals surface area contributed by atoms with Gasteiger partial charge in [-0.3, -0.25) is 9.69 Å². The lowest BCUT2D eigenvalue weighted by Crippen LogP contribution is -2.40. The average molecular weight is 387 g/mol. The van der Waals surface area contributed by atoms with E-state index in [1.807, 2.05) is 24.3 Å². The number of ether oxygens (including phenoxy) is 1. The molecule has 1 fully saturated rings. The number of nitrogens with zero attached hydrogens (tertiary/aromatic N) is 1. The van der Waals surface area contributed by atoms with Crippen LogP contribution in [0.25, 0.3) is 0 Å². The Kier molecular flexibility index (Phi) is 7.72. The molecule has 1 amide bonds. The zero-order valence-electron chi connectivity index (χ0n) is 16.2. The molecular weight excluding hydrogens is 356 g/mol. The molecule has 1 unspecified atom stereocenters. The Morgan fingerprint density at radius 1 is 1.19 bits per heavy atom. The van der Waals surface area contributed by atoms with Gasteiger partial charge in [0, 0.05) is 17.0 Å². The van der Waals surface area contributed by atoms with Crippen molar-refractivity contribution in [2.75, 3.05) is 26.2 Å². The lowest BCUT2D eigenvalue weighted by molar-refractivity contribution is 0.0925. The maximum Gasteiger partial charge on any atom is 0.251 e. The van der Waals surface area contributed by atoms with Crippen LogP contribution in [0.2, 0.25) is 0 Å². The fourth-order valence-electron chi connectivity index (χ4n) is 3.45. The molecular formula is C22H30N2O2S. The SMILES string of the molecule is CCCCOc1ccc(C(=O)NCC(c2cccs2)N2CCCCC2)cc1. The maximum absolute atomic E-state index is 12.6. The topological polar surface area (TPSA) is 41.6 Å². The van der Waals surface area contributed by atoms with Crippen LogP contribution in [0.1, 0.15) is 60.3 Å². The third-order valence-corrected chi connectivity index (χ3v) is 6.02. The maximum atomic E-state index is 12.6. The van der Waals surface area contributed by atoms with E-state index in [1.165, 1.54) is 24.1 Å². The van der Waals surface area contributed by atoms with Crippen molar-refractivity contribution in [2.24, 2.45) is 0 Å². The summed E-state index contributed by atoms with van der Waals surface area (Å²) in [5, 5.41) is 5.26. The summed E-state index contributed by atoms with van der Waals surface area (Å²) in [7, 11) is 0. The number of benzene rings is 1. The summed E-state index contributed by atoms with van der Waals surface area (Å²) in [6, 6.07) is 12.0. The summed E-state index contributed by atoms with van der Waals surface area (Å²) in [5.74, 6) is 0.804. The van der Waals surface area contributed by atoms with Crippen LogP contribution < -0.4 is 10.1 Å². The van der Waals surface area contributed by atoms with E-state index in [-0.39, 0.29) is 11.9 Å². The summed E-state index contributed by atoms with van der Waals surface area (Å²) < 4.78 is 5.67. The molecule has 0 radical (unpaired) electrons. The van der Waals surface area contributed by atoms with Crippen molar-refractivity contribution in [1.82, 2.24) is 10.2 Å². The van der Waals surface area contributed by atoms with Gasteiger partial charge in [-0.1, -0.05) is 25.8 Å². The fraction of sp³-hybridized carbons (Fsp3) is 0.500. The zero-order chi connectivity index (χ0) is 18.9. The molecule has 146 valence electrons. The van der Waals surface area contributed by atoms with Gasteiger partial charge in [0.25, 0.3) is 5.91 Å². The Bertz CT molecular complexity index is 679. The third kappa shape index (κ3) is 5.81. The molecule has 2 heterocycles. The van der Waals surface area contributed by atoms with Crippen molar-refractivity contribution < 1.29 is 9.53 Å². The van der Waals surface area contributed by atoms with Crippen molar-refractivity contribution in [3.05, 3.63) is 52.2 Å². The molecule has 2 aromatic rings. The number of hydrogen-bond acceptors (Lipinski definition) is 4. The minimum absolute atomic E-state index is 0.0197. The quantitative estimate of drug-likeness (QED) is 0.624. The second-order valence-corrected chi connectivity index (χ2v) is 8.04. The zero-order valence-corrected chi connectivity index (χ0v) is 17.0. The number of hydrogen-bond donors (Lipinski definition) is 1. The van der Waals surface area contributed by atoms with Gasteiger partial charge in [-0.15, -0.1) is 11.3 Å². The molecule has 1 aromatic carbocycles. The van der Waals surface area contributed by atoms with E-state index in [4.69, 9.17) is 4.74 Å². The van der Waals surface area contributed by atoms with Crippen LogP contribution in [0, 0.1) is 0 Å². The third-order valence-electron chi connectivity index (χ3n) is 5.04. The largest absolute Gasteiger partial charge is 0.494 e. The van der Waals surface area contributed by atoms with Crippen molar-refractivity contribution in [3.8, 4) is 5.75 Å². The smallest absolute Gasteiger partial charge is 0.251 e. The lowest BCUT2D eigenvalue weighted by Gasteiger charge is -2.34. The standard InChI is InChI=1S/C22H30N2O2S/c1-2-3-15-26-19-11-9-18(10-12-19)22(25)23-17-20(21-8-7-16-27-21)24-13-5-4-6-14-24/h7-12,16,20H,2-6,13-15,17H2,1H3,(H,23,25). The highest BCUT2D eigenvalue weighted by Gasteiger charge is 2.23. The fourth-order valence-corrected chi connectivity index (χ4v) is 4.31. The molecule has 1 aliphatic rings. The molecule has 1 aromatic heterocycles. The second kappa shape index (κ2) is 10.5. The molecule has 1 saturated heterocycles. The van der Waals surface area contributed by atoms with E-state index >= 15 is 0 Å². The number of carbonyl (C=O) groups is 1. The molecule has 0 spiro atoms. The van der Waals surface area contributed by atoms with Gasteiger partial charge < -0.3 is 10.1 Å². The lowest BCUT2D eigenvalue weighted by atomic mass is 10.1. The van der Waals surface area contributed by atoms with Crippen LogP contribution in [0.15, 0.2) is 41.8 Å². The van der Waals surface area contributed by atoms with E-state index < -0.39 is 0 Å². The summed E-state index contributed by atoms with van der Waals surface area (Å²) in [6.45, 7) is 5.74. The summed E-state index contributed by atoms with van der Waals surface area (Å²) in [4.78, 5) is 16.5. The van der Waals surface area contributed by atoms with Crippen molar-refractivity contribution in [1.29, 1.82) is 0 Å². The second-order valence-electron chi connectivity index (χ2n) is 7.06. The van der Waals surface area contributed by atoms with Crippen LogP contribution in [0.5, 0.6) is 5.75 Å². The Balaban J connectivity index is 1.57. The Morgan fingerprint density at radius 3 is 2.63 bits per heavy atom. The number of nitrogens with one attached hydrogen (secondary N) is 1. The normalized spacial score (nSPS) is 16.0. The molecule has 1 aliphatic heterocycles. The number of likely N-dealkylation sites (tertiary alicyclic amines) is 1. The number of unbranched alkanes of at least 4 members (excludes halogenated alkanes) is 1. The summed E-state index contributed by atoms with van der Waals surface area (Å²) in [6.07, 6.45) is 5.96. The van der Waals surface area contributed by atoms with E-state index in [0.717, 1.165) is 38.3 Å². The number of thiophene rings is 1. The summed E-state index contributed by atoms with van der Waals surface area (Å²) in [5.41, 5.74) is 0.682. The highest BCUT2D eigenvalue weighted by atomic mass is 32.1. The number of piperidine rings is 1.